The molecule has 0 radical (unpaired) electrons. The Kier molecular flexibility index (Phi) is 4.33. The SMILES string of the molecule is C/C(C=O)=C\CSc1ccccc1. The van der Waals surface area contributed by atoms with Gasteiger partial charge in [-0.1, -0.05) is 24.3 Å². The van der Waals surface area contributed by atoms with Gasteiger partial charge in [-0.05, 0) is 24.6 Å². The zero-order valence-corrected chi connectivity index (χ0v) is 8.38. The average Bonchev–Trinajstić information content (AvgIpc) is 2.19. The summed E-state index contributed by atoms with van der Waals surface area (Å²) >= 11 is 1.73. The molecule has 0 saturated carbocycles. The van der Waals surface area contributed by atoms with Crippen LogP contribution in [0.15, 0.2) is 46.9 Å². The van der Waals surface area contributed by atoms with E-state index < -0.39 is 0 Å². The highest BCUT2D eigenvalue weighted by atomic mass is 32.2. The van der Waals surface area contributed by atoms with Gasteiger partial charge in [0.05, 0.1) is 0 Å². The van der Waals surface area contributed by atoms with E-state index >= 15 is 0 Å². The summed E-state index contributed by atoms with van der Waals surface area (Å²) in [4.78, 5) is 11.5. The minimum Gasteiger partial charge on any atom is -0.298 e. The van der Waals surface area contributed by atoms with Crippen molar-refractivity contribution in [3.8, 4) is 0 Å². The number of hydrogen-bond acceptors (Lipinski definition) is 2. The van der Waals surface area contributed by atoms with E-state index in [9.17, 15) is 4.79 Å². The predicted octanol–water partition coefficient (Wildman–Crippen LogP) is 2.92. The zero-order chi connectivity index (χ0) is 9.52. The monoisotopic (exact) mass is 192 g/mol. The molecule has 1 aromatic rings. The molecule has 2 heteroatoms. The van der Waals surface area contributed by atoms with Crippen molar-refractivity contribution in [1.29, 1.82) is 0 Å². The van der Waals surface area contributed by atoms with Gasteiger partial charge in [0.2, 0.25) is 0 Å². The summed E-state index contributed by atoms with van der Waals surface area (Å²) in [7, 11) is 0. The second-order valence-electron chi connectivity index (χ2n) is 2.69. The second-order valence-corrected chi connectivity index (χ2v) is 3.78. The first-order valence-electron chi connectivity index (χ1n) is 4.12. The lowest BCUT2D eigenvalue weighted by molar-refractivity contribution is -0.104. The van der Waals surface area contributed by atoms with Crippen molar-refractivity contribution in [3.05, 3.63) is 42.0 Å². The number of carbonyl (C=O) groups excluding carboxylic acids is 1. The predicted molar refractivity (Wildman–Crippen MR) is 57.0 cm³/mol. The molecular formula is C11H12OS. The molecule has 0 saturated heterocycles. The van der Waals surface area contributed by atoms with E-state index in [2.05, 4.69) is 12.1 Å². The van der Waals surface area contributed by atoms with Crippen molar-refractivity contribution in [1.82, 2.24) is 0 Å². The van der Waals surface area contributed by atoms with E-state index in [0.717, 1.165) is 17.6 Å². The summed E-state index contributed by atoms with van der Waals surface area (Å²) in [6.07, 6.45) is 2.82. The standard InChI is InChI=1S/C11H12OS/c1-10(9-12)7-8-13-11-5-3-2-4-6-11/h2-7,9H,8H2,1H3/b10-7+. The fourth-order valence-corrected chi connectivity index (χ4v) is 1.72. The first kappa shape index (κ1) is 10.1. The first-order chi connectivity index (χ1) is 6.33. The Hall–Kier alpha value is -1.02. The lowest BCUT2D eigenvalue weighted by atomic mass is 10.3. The summed E-state index contributed by atoms with van der Waals surface area (Å²) in [5.41, 5.74) is 0.795. The third-order valence-corrected chi connectivity index (χ3v) is 2.52. The lowest BCUT2D eigenvalue weighted by Crippen LogP contribution is -1.79. The number of carbonyl (C=O) groups is 1. The number of aldehydes is 1. The van der Waals surface area contributed by atoms with E-state index in [0.29, 0.717) is 0 Å². The zero-order valence-electron chi connectivity index (χ0n) is 7.57. The Morgan fingerprint density at radius 1 is 1.38 bits per heavy atom. The van der Waals surface area contributed by atoms with Gasteiger partial charge < -0.3 is 0 Å². The Bertz CT molecular complexity index is 290. The summed E-state index contributed by atoms with van der Waals surface area (Å²) in [5.74, 6) is 0.856. The number of hydrogen-bond donors (Lipinski definition) is 0. The van der Waals surface area contributed by atoms with E-state index in [-0.39, 0.29) is 0 Å². The van der Waals surface area contributed by atoms with Gasteiger partial charge in [-0.25, -0.2) is 0 Å². The third kappa shape index (κ3) is 3.95. The molecule has 0 unspecified atom stereocenters. The van der Waals surface area contributed by atoms with Crippen molar-refractivity contribution in [2.45, 2.75) is 11.8 Å². The highest BCUT2D eigenvalue weighted by Crippen LogP contribution is 2.16. The molecule has 0 aromatic heterocycles. The number of thioether (sulfide) groups is 1. The van der Waals surface area contributed by atoms with Gasteiger partial charge in [0.25, 0.3) is 0 Å². The van der Waals surface area contributed by atoms with Crippen LogP contribution in [0.25, 0.3) is 0 Å². The quantitative estimate of drug-likeness (QED) is 0.414. The normalized spacial score (nSPS) is 11.3. The Morgan fingerprint density at radius 3 is 2.69 bits per heavy atom. The largest absolute Gasteiger partial charge is 0.298 e. The molecule has 1 nitrogen and oxygen atoms in total. The summed E-state index contributed by atoms with van der Waals surface area (Å²) in [6, 6.07) is 10.2. The van der Waals surface area contributed by atoms with Gasteiger partial charge in [-0.15, -0.1) is 11.8 Å². The first-order valence-corrected chi connectivity index (χ1v) is 5.11. The van der Waals surface area contributed by atoms with E-state index in [1.165, 1.54) is 4.90 Å². The van der Waals surface area contributed by atoms with Crippen molar-refractivity contribution >= 4 is 18.0 Å². The van der Waals surface area contributed by atoms with Gasteiger partial charge in [0.1, 0.15) is 6.29 Å². The van der Waals surface area contributed by atoms with E-state index in [1.54, 1.807) is 11.8 Å². The van der Waals surface area contributed by atoms with Crippen LogP contribution in [0.1, 0.15) is 6.92 Å². The molecule has 0 aliphatic rings. The Morgan fingerprint density at radius 2 is 2.08 bits per heavy atom. The molecule has 0 N–H and O–H groups in total. The topological polar surface area (TPSA) is 17.1 Å². The molecule has 0 amide bonds. The van der Waals surface area contributed by atoms with Crippen LogP contribution in [0.5, 0.6) is 0 Å². The van der Waals surface area contributed by atoms with Crippen LogP contribution in [-0.4, -0.2) is 12.0 Å². The van der Waals surface area contributed by atoms with Crippen molar-refractivity contribution in [2.24, 2.45) is 0 Å². The maximum Gasteiger partial charge on any atom is 0.145 e. The van der Waals surface area contributed by atoms with E-state index in [4.69, 9.17) is 0 Å². The van der Waals surface area contributed by atoms with Crippen LogP contribution in [-0.2, 0) is 4.79 Å². The van der Waals surface area contributed by atoms with Crippen LogP contribution in [0.3, 0.4) is 0 Å². The van der Waals surface area contributed by atoms with Gasteiger partial charge >= 0.3 is 0 Å². The molecule has 0 spiro atoms. The van der Waals surface area contributed by atoms with Gasteiger partial charge in [-0.2, -0.15) is 0 Å². The van der Waals surface area contributed by atoms with Crippen LogP contribution in [0, 0.1) is 0 Å². The fraction of sp³-hybridized carbons (Fsp3) is 0.182. The maximum atomic E-state index is 10.3. The fourth-order valence-electron chi connectivity index (χ4n) is 0.834. The van der Waals surface area contributed by atoms with Gasteiger partial charge in [0.15, 0.2) is 0 Å². The van der Waals surface area contributed by atoms with Gasteiger partial charge in [0, 0.05) is 10.6 Å². The molecule has 13 heavy (non-hydrogen) atoms. The molecule has 1 aromatic carbocycles. The Balaban J connectivity index is 2.40. The van der Waals surface area contributed by atoms with Crippen molar-refractivity contribution in [3.63, 3.8) is 0 Å². The van der Waals surface area contributed by atoms with Crippen molar-refractivity contribution < 1.29 is 4.79 Å². The van der Waals surface area contributed by atoms with E-state index in [1.807, 2.05) is 31.2 Å². The highest BCUT2D eigenvalue weighted by molar-refractivity contribution is 7.99. The molecule has 0 atom stereocenters. The summed E-state index contributed by atoms with van der Waals surface area (Å²) in [6.45, 7) is 1.82. The Labute approximate surface area is 82.9 Å². The highest BCUT2D eigenvalue weighted by Gasteiger charge is 1.89. The molecule has 0 fully saturated rings. The average molecular weight is 192 g/mol. The molecule has 68 valence electrons. The number of allylic oxidation sites excluding steroid dienone is 1. The molecular weight excluding hydrogens is 180 g/mol. The molecule has 0 bridgehead atoms. The van der Waals surface area contributed by atoms with Crippen LogP contribution < -0.4 is 0 Å². The molecule has 0 aliphatic heterocycles. The molecule has 0 aliphatic carbocycles. The second kappa shape index (κ2) is 5.60. The van der Waals surface area contributed by atoms with Crippen molar-refractivity contribution in [2.75, 3.05) is 5.75 Å². The smallest absolute Gasteiger partial charge is 0.145 e. The maximum absolute atomic E-state index is 10.3. The van der Waals surface area contributed by atoms with Crippen LogP contribution in [0.2, 0.25) is 0 Å². The lowest BCUT2D eigenvalue weighted by Gasteiger charge is -1.96. The number of rotatable bonds is 4. The van der Waals surface area contributed by atoms with Crippen LogP contribution in [0.4, 0.5) is 0 Å². The number of benzene rings is 1. The molecule has 0 heterocycles. The van der Waals surface area contributed by atoms with Gasteiger partial charge in [-0.3, -0.25) is 4.79 Å². The summed E-state index contributed by atoms with van der Waals surface area (Å²) in [5, 5.41) is 0. The summed E-state index contributed by atoms with van der Waals surface area (Å²) < 4.78 is 0. The minimum atomic E-state index is 0.795. The van der Waals surface area contributed by atoms with Crippen LogP contribution >= 0.6 is 11.8 Å². The molecule has 1 rings (SSSR count). The minimum absolute atomic E-state index is 0.795. The third-order valence-electron chi connectivity index (χ3n) is 1.58.